The Morgan fingerprint density at radius 3 is 2.57 bits per heavy atom. The van der Waals surface area contributed by atoms with Gasteiger partial charge in [-0.3, -0.25) is 5.32 Å². The molecule has 0 aliphatic heterocycles. The first-order chi connectivity index (χ1) is 6.76. The van der Waals surface area contributed by atoms with E-state index in [1.54, 1.807) is 12.1 Å². The molecule has 1 nitrogen and oxygen atoms in total. The molecule has 0 saturated carbocycles. The molecular weight excluding hydrogens is 177 g/mol. The van der Waals surface area contributed by atoms with Crippen molar-refractivity contribution in [1.82, 2.24) is 5.32 Å². The van der Waals surface area contributed by atoms with E-state index < -0.39 is 0 Å². The van der Waals surface area contributed by atoms with Crippen molar-refractivity contribution in [3.63, 3.8) is 0 Å². The fourth-order valence-corrected chi connectivity index (χ4v) is 1.16. The van der Waals surface area contributed by atoms with Crippen LogP contribution in [0.4, 0.5) is 4.39 Å². The van der Waals surface area contributed by atoms with E-state index in [4.69, 9.17) is 6.42 Å². The Bertz CT molecular complexity index is 310. The molecule has 0 aliphatic carbocycles. The summed E-state index contributed by atoms with van der Waals surface area (Å²) in [6.07, 6.45) is 6.20. The molecule has 1 aromatic carbocycles. The maximum absolute atomic E-state index is 12.6. The Kier molecular flexibility index (Phi) is 4.15. The van der Waals surface area contributed by atoms with Gasteiger partial charge in [-0.2, -0.15) is 0 Å². The third-order valence-electron chi connectivity index (χ3n) is 2.08. The van der Waals surface area contributed by atoms with Crippen molar-refractivity contribution in [2.45, 2.75) is 25.9 Å². The summed E-state index contributed by atoms with van der Waals surface area (Å²) in [4.78, 5) is 0. The second kappa shape index (κ2) is 5.41. The first-order valence-corrected chi connectivity index (χ1v) is 4.70. The van der Waals surface area contributed by atoms with Crippen LogP contribution in [-0.2, 0) is 6.54 Å². The molecule has 0 fully saturated rings. The van der Waals surface area contributed by atoms with E-state index in [-0.39, 0.29) is 11.9 Å². The lowest BCUT2D eigenvalue weighted by atomic mass is 10.2. The van der Waals surface area contributed by atoms with Gasteiger partial charge in [0, 0.05) is 6.54 Å². The molecule has 0 spiro atoms. The van der Waals surface area contributed by atoms with Gasteiger partial charge in [0.2, 0.25) is 0 Å². The van der Waals surface area contributed by atoms with Crippen LogP contribution in [0.3, 0.4) is 0 Å². The number of hydrogen-bond donors (Lipinski definition) is 1. The van der Waals surface area contributed by atoms with Crippen LogP contribution < -0.4 is 5.32 Å². The first-order valence-electron chi connectivity index (χ1n) is 4.70. The largest absolute Gasteiger partial charge is 0.300 e. The lowest BCUT2D eigenvalue weighted by Crippen LogP contribution is -2.26. The van der Waals surface area contributed by atoms with Gasteiger partial charge in [-0.05, 0) is 24.1 Å². The summed E-state index contributed by atoms with van der Waals surface area (Å²) in [7, 11) is 0. The minimum absolute atomic E-state index is 0.0973. The highest BCUT2D eigenvalue weighted by molar-refractivity contribution is 5.16. The van der Waals surface area contributed by atoms with Crippen molar-refractivity contribution < 1.29 is 4.39 Å². The van der Waals surface area contributed by atoms with Crippen LogP contribution in [0.5, 0.6) is 0 Å². The van der Waals surface area contributed by atoms with Crippen molar-refractivity contribution in [3.8, 4) is 12.3 Å². The van der Waals surface area contributed by atoms with Crippen LogP contribution in [-0.4, -0.2) is 6.04 Å². The number of hydrogen-bond acceptors (Lipinski definition) is 1. The van der Waals surface area contributed by atoms with Crippen molar-refractivity contribution in [3.05, 3.63) is 35.6 Å². The Hall–Kier alpha value is -1.33. The highest BCUT2D eigenvalue weighted by Crippen LogP contribution is 2.02. The number of halogens is 1. The van der Waals surface area contributed by atoms with E-state index >= 15 is 0 Å². The summed E-state index contributed by atoms with van der Waals surface area (Å²) in [5.74, 6) is 2.44. The third-order valence-corrected chi connectivity index (χ3v) is 2.08. The summed E-state index contributed by atoms with van der Waals surface area (Å²) < 4.78 is 12.6. The first kappa shape index (κ1) is 10.7. The third kappa shape index (κ3) is 3.20. The summed E-state index contributed by atoms with van der Waals surface area (Å²) >= 11 is 0. The Morgan fingerprint density at radius 2 is 2.07 bits per heavy atom. The molecule has 1 aromatic rings. The van der Waals surface area contributed by atoms with Gasteiger partial charge in [0.05, 0.1) is 6.04 Å². The van der Waals surface area contributed by atoms with E-state index in [1.165, 1.54) is 12.1 Å². The van der Waals surface area contributed by atoms with Crippen LogP contribution in [0.15, 0.2) is 24.3 Å². The molecule has 0 heterocycles. The van der Waals surface area contributed by atoms with Crippen molar-refractivity contribution in [1.29, 1.82) is 0 Å². The molecule has 14 heavy (non-hydrogen) atoms. The van der Waals surface area contributed by atoms with Gasteiger partial charge in [0.1, 0.15) is 5.82 Å². The van der Waals surface area contributed by atoms with E-state index in [1.807, 2.05) is 6.92 Å². The van der Waals surface area contributed by atoms with Gasteiger partial charge in [-0.15, -0.1) is 6.42 Å². The zero-order chi connectivity index (χ0) is 10.4. The second-order valence-electron chi connectivity index (χ2n) is 3.13. The minimum Gasteiger partial charge on any atom is -0.300 e. The Morgan fingerprint density at radius 1 is 1.43 bits per heavy atom. The summed E-state index contributed by atoms with van der Waals surface area (Å²) in [5.41, 5.74) is 1.04. The topological polar surface area (TPSA) is 12.0 Å². The average molecular weight is 191 g/mol. The average Bonchev–Trinajstić information content (AvgIpc) is 2.22. The van der Waals surface area contributed by atoms with Gasteiger partial charge in [-0.1, -0.05) is 25.0 Å². The summed E-state index contributed by atoms with van der Waals surface area (Å²) in [6, 6.07) is 6.51. The van der Waals surface area contributed by atoms with E-state index in [0.29, 0.717) is 6.54 Å². The van der Waals surface area contributed by atoms with Crippen LogP contribution in [0, 0.1) is 18.2 Å². The number of terminal acetylenes is 1. The molecule has 0 radical (unpaired) electrons. The summed E-state index contributed by atoms with van der Waals surface area (Å²) in [5, 5.41) is 3.20. The van der Waals surface area contributed by atoms with Crippen molar-refractivity contribution in [2.75, 3.05) is 0 Å². The second-order valence-corrected chi connectivity index (χ2v) is 3.13. The van der Waals surface area contributed by atoms with Gasteiger partial charge in [0.15, 0.2) is 0 Å². The van der Waals surface area contributed by atoms with Crippen LogP contribution in [0.2, 0.25) is 0 Å². The zero-order valence-electron chi connectivity index (χ0n) is 8.26. The SMILES string of the molecule is C#CC(CC)NCc1ccc(F)cc1. The number of benzene rings is 1. The lowest BCUT2D eigenvalue weighted by molar-refractivity contribution is 0.589. The van der Waals surface area contributed by atoms with Crippen LogP contribution in [0.1, 0.15) is 18.9 Å². The molecule has 74 valence electrons. The van der Waals surface area contributed by atoms with Gasteiger partial charge in [-0.25, -0.2) is 4.39 Å². The molecule has 0 bridgehead atoms. The molecule has 1 rings (SSSR count). The van der Waals surface area contributed by atoms with Gasteiger partial charge < -0.3 is 0 Å². The fraction of sp³-hybridized carbons (Fsp3) is 0.333. The molecule has 0 aromatic heterocycles. The maximum atomic E-state index is 12.6. The molecule has 2 heteroatoms. The van der Waals surface area contributed by atoms with Gasteiger partial charge >= 0.3 is 0 Å². The molecule has 0 aliphatic rings. The van der Waals surface area contributed by atoms with E-state index in [0.717, 1.165) is 12.0 Å². The molecule has 0 saturated heterocycles. The predicted octanol–water partition coefficient (Wildman–Crippen LogP) is 2.33. The van der Waals surface area contributed by atoms with E-state index in [2.05, 4.69) is 11.2 Å². The monoisotopic (exact) mass is 191 g/mol. The molecule has 0 amide bonds. The Labute approximate surface area is 84.3 Å². The molecule has 1 N–H and O–H groups in total. The predicted molar refractivity (Wildman–Crippen MR) is 56.2 cm³/mol. The standard InChI is InChI=1S/C12H14FN/c1-3-12(4-2)14-9-10-5-7-11(13)8-6-10/h1,5-8,12,14H,4,9H2,2H3. The molecular formula is C12H14FN. The highest BCUT2D eigenvalue weighted by Gasteiger charge is 2.00. The highest BCUT2D eigenvalue weighted by atomic mass is 19.1. The van der Waals surface area contributed by atoms with Crippen LogP contribution in [0.25, 0.3) is 0 Å². The number of rotatable bonds is 4. The van der Waals surface area contributed by atoms with Crippen LogP contribution >= 0.6 is 0 Å². The van der Waals surface area contributed by atoms with Crippen molar-refractivity contribution in [2.24, 2.45) is 0 Å². The molecule has 1 atom stereocenters. The van der Waals surface area contributed by atoms with E-state index in [9.17, 15) is 4.39 Å². The minimum atomic E-state index is -0.210. The normalized spacial score (nSPS) is 12.1. The smallest absolute Gasteiger partial charge is 0.123 e. The molecule has 1 unspecified atom stereocenters. The lowest BCUT2D eigenvalue weighted by Gasteiger charge is -2.10. The van der Waals surface area contributed by atoms with Gasteiger partial charge in [0.25, 0.3) is 0 Å². The zero-order valence-corrected chi connectivity index (χ0v) is 8.26. The Balaban J connectivity index is 2.46. The number of nitrogens with one attached hydrogen (secondary N) is 1. The quantitative estimate of drug-likeness (QED) is 0.720. The van der Waals surface area contributed by atoms with Crippen molar-refractivity contribution >= 4 is 0 Å². The maximum Gasteiger partial charge on any atom is 0.123 e. The summed E-state index contributed by atoms with van der Waals surface area (Å²) in [6.45, 7) is 2.71. The fourth-order valence-electron chi connectivity index (χ4n) is 1.16.